The van der Waals surface area contributed by atoms with E-state index < -0.39 is 0 Å². The van der Waals surface area contributed by atoms with Crippen LogP contribution in [-0.2, 0) is 0 Å². The molecule has 0 aromatic heterocycles. The average molecular weight is 84.2 g/mol. The molecule has 0 aliphatic heterocycles. The van der Waals surface area contributed by atoms with E-state index in [1.807, 2.05) is 0 Å². The predicted octanol–water partition coefficient (Wildman–Crippen LogP) is 3.43. The summed E-state index contributed by atoms with van der Waals surface area (Å²) in [4.78, 5) is 0. The molecule has 0 nitrogen and oxygen atoms in total. The third-order valence-corrected chi connectivity index (χ3v) is 0. The molecule has 0 unspecified atom stereocenters. The first kappa shape index (κ1) is 0. The maximum atomic E-state index is 0. The number of rotatable bonds is 0. The van der Waals surface area contributed by atoms with Gasteiger partial charge in [-0.3, -0.25) is 0 Å². The van der Waals surface area contributed by atoms with Gasteiger partial charge in [0.15, 0.2) is 0 Å². The molecule has 0 rings (SSSR count). The van der Waals surface area contributed by atoms with Crippen LogP contribution in [0.4, 0.5) is 0 Å². The largest absolute Gasteiger partial charge is 0.0776 e. The van der Waals surface area contributed by atoms with Crippen LogP contribution in [0, 0.1) is 0 Å². The van der Waals surface area contributed by atoms with Crippen LogP contribution >= 0.6 is 0 Å². The summed E-state index contributed by atoms with van der Waals surface area (Å²) in [6, 6.07) is 0. The van der Waals surface area contributed by atoms with Gasteiger partial charge in [-0.25, -0.2) is 0 Å². The molecule has 0 radical (unpaired) electrons. The number of hydrogen-bond donors (Lipinski definition) is 0. The standard InChI is InChI=1S/5CH4.H2/h5*1H4;1H/i;;;;;1+2. The molecule has 42 valence electrons. The van der Waals surface area contributed by atoms with E-state index in [-0.39, 0.29) is 38.6 Å². The Hall–Kier alpha value is 0. The summed E-state index contributed by atoms with van der Waals surface area (Å²) in [5.41, 5.74) is 0. The topological polar surface area (TPSA) is 0 Å². The molecule has 0 fully saturated rings. The van der Waals surface area contributed by atoms with Gasteiger partial charge in [0.1, 0.15) is 0 Å². The first-order valence-electron chi connectivity index (χ1n) is 0. The summed E-state index contributed by atoms with van der Waals surface area (Å²) in [7, 11) is 0. The van der Waals surface area contributed by atoms with Crippen LogP contribution in [0.15, 0.2) is 0 Å². The van der Waals surface area contributed by atoms with E-state index in [1.165, 1.54) is 0 Å². The maximum Gasteiger partial charge on any atom is 0 e. The van der Waals surface area contributed by atoms with Crippen molar-refractivity contribution in [2.24, 2.45) is 0 Å². The highest BCUT2D eigenvalue weighted by molar-refractivity contribution is 2.51. The van der Waals surface area contributed by atoms with Gasteiger partial charge >= 0.3 is 0 Å². The Balaban J connectivity index is 0. The van der Waals surface area contributed by atoms with Crippen LogP contribution in [-0.4, -0.2) is 0 Å². The van der Waals surface area contributed by atoms with Crippen molar-refractivity contribution < 1.29 is 1.43 Å². The summed E-state index contributed by atoms with van der Waals surface area (Å²) in [5.74, 6) is 0. The summed E-state index contributed by atoms with van der Waals surface area (Å²) in [5, 5.41) is 0. The molecule has 0 aliphatic carbocycles. The lowest BCUT2D eigenvalue weighted by atomic mass is 12.0. The zero-order valence-electron chi connectivity index (χ0n) is 0. The molecule has 0 atom stereocenters. The second kappa shape index (κ2) is 0. The molecule has 0 amide bonds. The van der Waals surface area contributed by atoms with E-state index in [0.29, 0.717) is 0 Å². The molecule has 0 saturated carbocycles. The van der Waals surface area contributed by atoms with Gasteiger partial charge in [-0.2, -0.15) is 0 Å². The third-order valence-electron chi connectivity index (χ3n) is 0. The van der Waals surface area contributed by atoms with Gasteiger partial charge in [0.25, 0.3) is 0 Å². The van der Waals surface area contributed by atoms with E-state index in [9.17, 15) is 0 Å². The molecule has 0 saturated heterocycles. The fourth-order valence-electron chi connectivity index (χ4n) is 0. The first-order valence-corrected chi connectivity index (χ1v) is 0. The fourth-order valence-corrected chi connectivity index (χ4v) is 0. The van der Waals surface area contributed by atoms with Gasteiger partial charge in [0, 0.05) is 1.43 Å². The quantitative estimate of drug-likeness (QED) is 0.422. The molecule has 0 N–H and O–H groups in total. The lowest BCUT2D eigenvalue weighted by molar-refractivity contribution is 2.50. The van der Waals surface area contributed by atoms with Crippen molar-refractivity contribution in [3.05, 3.63) is 0 Å². The second-order valence-electron chi connectivity index (χ2n) is 0. The van der Waals surface area contributed by atoms with Crippen molar-refractivity contribution in [3.63, 3.8) is 0 Å². The molecule has 0 heterocycles. The smallest absolute Gasteiger partial charge is 0 e. The minimum absolute atomic E-state index is 0. The lowest BCUT2D eigenvalue weighted by Gasteiger charge is -0.0786. The van der Waals surface area contributed by atoms with Crippen LogP contribution in [0.3, 0.4) is 0 Å². The Morgan fingerprint density at radius 3 is 0.400 bits per heavy atom. The summed E-state index contributed by atoms with van der Waals surface area (Å²) < 4.78 is 0. The van der Waals surface area contributed by atoms with E-state index in [2.05, 4.69) is 0 Å². The van der Waals surface area contributed by atoms with Crippen LogP contribution in [0.1, 0.15) is 38.6 Å². The zero-order chi connectivity index (χ0) is 0. The Morgan fingerprint density at radius 2 is 0.400 bits per heavy atom. The Morgan fingerprint density at radius 1 is 0.400 bits per heavy atom. The number of hydrogen-bond acceptors (Lipinski definition) is 0. The van der Waals surface area contributed by atoms with Gasteiger partial charge < -0.3 is 0 Å². The molecule has 0 aliphatic rings. The molecule has 0 spiro atoms. The zero-order valence-corrected chi connectivity index (χ0v) is 0. The highest BCUT2D eigenvalue weighted by Crippen LogP contribution is 0.148. The summed E-state index contributed by atoms with van der Waals surface area (Å²) >= 11 is 0. The van der Waals surface area contributed by atoms with E-state index in [4.69, 9.17) is 0 Å². The predicted molar refractivity (Wildman–Crippen MR) is 35.8 cm³/mol. The normalized spacial score (nSPS) is 0. The highest BCUT2D eigenvalue weighted by atomic mass is 12.0. The van der Waals surface area contributed by atoms with Gasteiger partial charge in [-0.05, 0) is 0 Å². The van der Waals surface area contributed by atoms with Crippen LogP contribution in [0.2, 0.25) is 0 Å². The van der Waals surface area contributed by atoms with Crippen LogP contribution in [0.5, 0.6) is 0 Å². The van der Waals surface area contributed by atoms with Crippen LogP contribution < -0.4 is 0 Å². The summed E-state index contributed by atoms with van der Waals surface area (Å²) in [6.45, 7) is 0. The maximum absolute atomic E-state index is 0. The van der Waals surface area contributed by atoms with Gasteiger partial charge in [0.2, 0.25) is 0 Å². The SMILES string of the molecule is C.C.C.C.C.[3HH]. The molecule has 0 bridgehead atoms. The van der Waals surface area contributed by atoms with Crippen molar-refractivity contribution in [1.29, 1.82) is 0 Å². The molecular weight excluding hydrogens is 60.1 g/mol. The van der Waals surface area contributed by atoms with Crippen molar-refractivity contribution in [1.82, 2.24) is 0 Å². The Bertz CT molecular complexity index is 3.90. The van der Waals surface area contributed by atoms with Crippen LogP contribution in [0.25, 0.3) is 0 Å². The third kappa shape index (κ3) is 0. The average Bonchev–Trinajstić information content (AvgIpc) is 0. The van der Waals surface area contributed by atoms with Crippen molar-refractivity contribution in [2.75, 3.05) is 0 Å². The van der Waals surface area contributed by atoms with E-state index >= 15 is 0 Å². The van der Waals surface area contributed by atoms with Crippen molar-refractivity contribution in [3.8, 4) is 0 Å². The van der Waals surface area contributed by atoms with Gasteiger partial charge in [-0.15, -0.1) is 0 Å². The first-order chi connectivity index (χ1) is 0. The molecule has 0 aromatic rings. The lowest BCUT2D eigenvalue weighted by Crippen LogP contribution is 0.143. The summed E-state index contributed by atoms with van der Waals surface area (Å²) in [6.07, 6.45) is 0. The molecule has 0 aromatic carbocycles. The van der Waals surface area contributed by atoms with Crippen molar-refractivity contribution >= 4 is 0 Å². The van der Waals surface area contributed by atoms with E-state index in [0.717, 1.165) is 0 Å². The Kier molecular flexibility index (Phi) is 0. The molecular formula is C5H22. The molecule has 0 heteroatoms. The Labute approximate surface area is 39.7 Å². The monoisotopic (exact) mass is 84.2 g/mol. The van der Waals surface area contributed by atoms with Gasteiger partial charge in [0.05, 0.1) is 0 Å². The van der Waals surface area contributed by atoms with E-state index in [1.54, 1.807) is 0 Å². The molecule has 5 heavy (non-hydrogen) atoms. The fraction of sp³-hybridized carbons (Fsp3) is 1.00. The van der Waals surface area contributed by atoms with Crippen molar-refractivity contribution in [2.45, 2.75) is 37.1 Å². The highest BCUT2D eigenvalue weighted by Gasteiger charge is -0.0736. The second-order valence-corrected chi connectivity index (χ2v) is 0. The van der Waals surface area contributed by atoms with Gasteiger partial charge in [-0.1, -0.05) is 37.1 Å². The minimum Gasteiger partial charge on any atom is -0.0776 e. The minimum atomic E-state index is 0.